The van der Waals surface area contributed by atoms with Gasteiger partial charge < -0.3 is 4.98 Å². The van der Waals surface area contributed by atoms with Crippen LogP contribution in [0.1, 0.15) is 35.2 Å². The Hall–Kier alpha value is -1.38. The molecule has 0 saturated heterocycles. The van der Waals surface area contributed by atoms with E-state index < -0.39 is 0 Å². The second kappa shape index (κ2) is 4.01. The molecule has 0 aliphatic heterocycles. The van der Waals surface area contributed by atoms with Crippen LogP contribution in [0.4, 0.5) is 0 Å². The number of aromatic amines is 1. The standard InChI is InChI=1S/C12H16N2O/c1-8-9-5-3-4-6-10(9)11(7-13-2)12(15)14-8/h7H,3-6H2,1-2H3,(H,14,15). The summed E-state index contributed by atoms with van der Waals surface area (Å²) in [5.74, 6) is 0. The quantitative estimate of drug-likeness (QED) is 0.694. The van der Waals surface area contributed by atoms with Gasteiger partial charge in [0.15, 0.2) is 0 Å². The Morgan fingerprint density at radius 1 is 1.27 bits per heavy atom. The molecule has 80 valence electrons. The molecule has 0 unspecified atom stereocenters. The number of nitrogens with zero attached hydrogens (tertiary/aromatic N) is 1. The minimum Gasteiger partial charge on any atom is -0.326 e. The number of fused-ring (bicyclic) bond motifs is 1. The smallest absolute Gasteiger partial charge is 0.257 e. The van der Waals surface area contributed by atoms with Gasteiger partial charge in [0.1, 0.15) is 0 Å². The van der Waals surface area contributed by atoms with Crippen molar-refractivity contribution in [3.05, 3.63) is 32.7 Å². The molecule has 0 amide bonds. The molecule has 1 heterocycles. The van der Waals surface area contributed by atoms with Crippen LogP contribution in [0.15, 0.2) is 9.79 Å². The number of H-pyrrole nitrogens is 1. The van der Waals surface area contributed by atoms with Gasteiger partial charge in [-0.15, -0.1) is 0 Å². The maximum absolute atomic E-state index is 11.8. The van der Waals surface area contributed by atoms with Crippen LogP contribution in [0.5, 0.6) is 0 Å². The van der Waals surface area contributed by atoms with Crippen LogP contribution < -0.4 is 5.56 Å². The fraction of sp³-hybridized carbons (Fsp3) is 0.500. The zero-order valence-electron chi connectivity index (χ0n) is 9.26. The molecule has 1 N–H and O–H groups in total. The van der Waals surface area contributed by atoms with Crippen LogP contribution in [0.3, 0.4) is 0 Å². The number of hydrogen-bond donors (Lipinski definition) is 1. The Morgan fingerprint density at radius 2 is 1.93 bits per heavy atom. The Kier molecular flexibility index (Phi) is 2.71. The number of pyridine rings is 1. The highest BCUT2D eigenvalue weighted by Crippen LogP contribution is 2.23. The second-order valence-electron chi connectivity index (χ2n) is 4.04. The lowest BCUT2D eigenvalue weighted by Crippen LogP contribution is -2.21. The molecule has 0 bridgehead atoms. The first kappa shape index (κ1) is 10.1. The van der Waals surface area contributed by atoms with Gasteiger partial charge in [0.25, 0.3) is 5.56 Å². The second-order valence-corrected chi connectivity index (χ2v) is 4.04. The van der Waals surface area contributed by atoms with E-state index in [9.17, 15) is 4.79 Å². The van der Waals surface area contributed by atoms with Crippen molar-refractivity contribution in [1.82, 2.24) is 4.98 Å². The molecule has 1 aromatic heterocycles. The third-order valence-electron chi connectivity index (χ3n) is 3.05. The average molecular weight is 204 g/mol. The minimum absolute atomic E-state index is 0.00116. The van der Waals surface area contributed by atoms with Gasteiger partial charge in [-0.05, 0) is 43.7 Å². The number of aromatic nitrogens is 1. The maximum Gasteiger partial charge on any atom is 0.257 e. The Balaban J connectivity index is 2.68. The lowest BCUT2D eigenvalue weighted by atomic mass is 9.88. The monoisotopic (exact) mass is 204 g/mol. The predicted molar refractivity (Wildman–Crippen MR) is 62.0 cm³/mol. The summed E-state index contributed by atoms with van der Waals surface area (Å²) in [5, 5.41) is 0. The summed E-state index contributed by atoms with van der Waals surface area (Å²) < 4.78 is 0. The molecule has 0 spiro atoms. The number of hydrogen-bond acceptors (Lipinski definition) is 2. The largest absolute Gasteiger partial charge is 0.326 e. The fourth-order valence-corrected chi connectivity index (χ4v) is 2.33. The van der Waals surface area contributed by atoms with E-state index in [1.54, 1.807) is 13.3 Å². The van der Waals surface area contributed by atoms with Gasteiger partial charge >= 0.3 is 0 Å². The SMILES string of the molecule is CN=Cc1c2c(c(C)[nH]c1=O)CCCC2. The van der Waals surface area contributed by atoms with Gasteiger partial charge in [0.2, 0.25) is 0 Å². The van der Waals surface area contributed by atoms with Gasteiger partial charge in [-0.3, -0.25) is 9.79 Å². The Labute approximate surface area is 89.3 Å². The first-order chi connectivity index (χ1) is 7.24. The third kappa shape index (κ3) is 1.74. The summed E-state index contributed by atoms with van der Waals surface area (Å²) in [6.07, 6.45) is 6.19. The molecule has 0 radical (unpaired) electrons. The van der Waals surface area contributed by atoms with Crippen LogP contribution in [-0.4, -0.2) is 18.2 Å². The van der Waals surface area contributed by atoms with E-state index in [0.717, 1.165) is 24.1 Å². The van der Waals surface area contributed by atoms with Gasteiger partial charge in [-0.25, -0.2) is 0 Å². The van der Waals surface area contributed by atoms with Crippen molar-refractivity contribution in [2.75, 3.05) is 7.05 Å². The summed E-state index contributed by atoms with van der Waals surface area (Å²) >= 11 is 0. The van der Waals surface area contributed by atoms with Crippen LogP contribution in [0.25, 0.3) is 0 Å². The van der Waals surface area contributed by atoms with E-state index >= 15 is 0 Å². The van der Waals surface area contributed by atoms with Crippen molar-refractivity contribution < 1.29 is 0 Å². The molecular formula is C12H16N2O. The Bertz CT molecular complexity index is 457. The van der Waals surface area contributed by atoms with Gasteiger partial charge in [0, 0.05) is 19.0 Å². The fourth-order valence-electron chi connectivity index (χ4n) is 2.33. The van der Waals surface area contributed by atoms with E-state index in [-0.39, 0.29) is 5.56 Å². The lowest BCUT2D eigenvalue weighted by Gasteiger charge is -2.19. The summed E-state index contributed by atoms with van der Waals surface area (Å²) in [5.41, 5.74) is 4.34. The van der Waals surface area contributed by atoms with Crippen molar-refractivity contribution in [2.45, 2.75) is 32.6 Å². The van der Waals surface area contributed by atoms with Crippen molar-refractivity contribution in [3.63, 3.8) is 0 Å². The number of rotatable bonds is 1. The zero-order valence-corrected chi connectivity index (χ0v) is 9.26. The molecule has 1 aliphatic carbocycles. The van der Waals surface area contributed by atoms with Crippen LogP contribution in [0, 0.1) is 6.92 Å². The molecule has 0 atom stereocenters. The summed E-state index contributed by atoms with van der Waals surface area (Å²) in [4.78, 5) is 18.6. The molecule has 2 rings (SSSR count). The molecule has 1 aliphatic rings. The van der Waals surface area contributed by atoms with Crippen LogP contribution in [-0.2, 0) is 12.8 Å². The van der Waals surface area contributed by atoms with Gasteiger partial charge in [0.05, 0.1) is 5.56 Å². The van der Waals surface area contributed by atoms with E-state index in [2.05, 4.69) is 9.98 Å². The van der Waals surface area contributed by atoms with E-state index in [4.69, 9.17) is 0 Å². The maximum atomic E-state index is 11.8. The first-order valence-corrected chi connectivity index (χ1v) is 5.41. The molecule has 0 saturated carbocycles. The molecule has 3 nitrogen and oxygen atoms in total. The van der Waals surface area contributed by atoms with Crippen molar-refractivity contribution in [2.24, 2.45) is 4.99 Å². The highest BCUT2D eigenvalue weighted by Gasteiger charge is 2.17. The highest BCUT2D eigenvalue weighted by atomic mass is 16.1. The van der Waals surface area contributed by atoms with Crippen molar-refractivity contribution in [1.29, 1.82) is 0 Å². The third-order valence-corrected chi connectivity index (χ3v) is 3.05. The molecular weight excluding hydrogens is 188 g/mol. The molecule has 0 fully saturated rings. The van der Waals surface area contributed by atoms with E-state index in [0.29, 0.717) is 0 Å². The molecule has 1 aromatic rings. The summed E-state index contributed by atoms with van der Waals surface area (Å²) in [7, 11) is 1.70. The van der Waals surface area contributed by atoms with Crippen molar-refractivity contribution >= 4 is 6.21 Å². The predicted octanol–water partition coefficient (Wildman–Crippen LogP) is 1.61. The average Bonchev–Trinajstić information content (AvgIpc) is 2.24. The molecule has 3 heteroatoms. The summed E-state index contributed by atoms with van der Waals surface area (Å²) in [6.45, 7) is 1.98. The number of aryl methyl sites for hydroxylation is 1. The first-order valence-electron chi connectivity index (χ1n) is 5.41. The van der Waals surface area contributed by atoms with Crippen LogP contribution >= 0.6 is 0 Å². The number of nitrogens with one attached hydrogen (secondary N) is 1. The lowest BCUT2D eigenvalue weighted by molar-refractivity contribution is 0.674. The van der Waals surface area contributed by atoms with Crippen LogP contribution in [0.2, 0.25) is 0 Å². The molecule has 0 aromatic carbocycles. The van der Waals surface area contributed by atoms with Crippen molar-refractivity contribution in [3.8, 4) is 0 Å². The Morgan fingerprint density at radius 3 is 2.60 bits per heavy atom. The topological polar surface area (TPSA) is 45.2 Å². The molecule has 15 heavy (non-hydrogen) atoms. The van der Waals surface area contributed by atoms with Gasteiger partial charge in [-0.1, -0.05) is 0 Å². The summed E-state index contributed by atoms with van der Waals surface area (Å²) in [6, 6.07) is 0. The van der Waals surface area contributed by atoms with Gasteiger partial charge in [-0.2, -0.15) is 0 Å². The normalized spacial score (nSPS) is 15.6. The van der Waals surface area contributed by atoms with E-state index in [1.807, 2.05) is 6.92 Å². The highest BCUT2D eigenvalue weighted by molar-refractivity contribution is 5.81. The zero-order chi connectivity index (χ0) is 10.8. The minimum atomic E-state index is -0.00116. The van der Waals surface area contributed by atoms with E-state index in [1.165, 1.54) is 24.0 Å². The number of aliphatic imine (C=N–C) groups is 1.